The average Bonchev–Trinajstić information content (AvgIpc) is 3.16. The number of thiophene rings is 1. The molecule has 0 radical (unpaired) electrons. The summed E-state index contributed by atoms with van der Waals surface area (Å²) in [7, 11) is 0. The standard InChI is InChI=1S/C22H18ClN5O2S/c23-15-3-5-16(6-4-15)26-22(30)27-9-7-17-18(12-27)31-20-19(17)21(29)28(13-25-20)11-14-2-1-8-24-10-14/h1-6,8,10,13H,7,9,11-12H2,(H,26,30). The number of hydrogen-bond donors (Lipinski definition) is 1. The molecule has 0 bridgehead atoms. The van der Waals surface area contributed by atoms with Crippen LogP contribution in [0.25, 0.3) is 10.2 Å². The molecule has 4 aromatic rings. The monoisotopic (exact) mass is 451 g/mol. The predicted octanol–water partition coefficient (Wildman–Crippen LogP) is 4.14. The minimum atomic E-state index is -0.174. The van der Waals surface area contributed by atoms with Crippen LogP contribution < -0.4 is 10.9 Å². The van der Waals surface area contributed by atoms with Gasteiger partial charge in [-0.2, -0.15) is 0 Å². The van der Waals surface area contributed by atoms with Gasteiger partial charge in [-0.1, -0.05) is 17.7 Å². The molecule has 156 valence electrons. The molecule has 5 rings (SSSR count). The van der Waals surface area contributed by atoms with Crippen LogP contribution in [0, 0.1) is 0 Å². The van der Waals surface area contributed by atoms with Crippen LogP contribution >= 0.6 is 22.9 Å². The van der Waals surface area contributed by atoms with Gasteiger partial charge in [-0.05, 0) is 47.9 Å². The fourth-order valence-electron chi connectivity index (χ4n) is 3.73. The van der Waals surface area contributed by atoms with Crippen molar-refractivity contribution in [1.82, 2.24) is 19.4 Å². The lowest BCUT2D eigenvalue weighted by molar-refractivity contribution is 0.207. The molecule has 0 saturated carbocycles. The number of anilines is 1. The van der Waals surface area contributed by atoms with Gasteiger partial charge >= 0.3 is 6.03 Å². The van der Waals surface area contributed by atoms with Crippen LogP contribution in [-0.2, 0) is 19.5 Å². The van der Waals surface area contributed by atoms with E-state index in [0.29, 0.717) is 42.2 Å². The van der Waals surface area contributed by atoms with Crippen molar-refractivity contribution in [2.45, 2.75) is 19.5 Å². The maximum absolute atomic E-state index is 13.2. The molecule has 1 aliphatic rings. The van der Waals surface area contributed by atoms with Crippen LogP contribution in [0.3, 0.4) is 0 Å². The summed E-state index contributed by atoms with van der Waals surface area (Å²) in [5.41, 5.74) is 2.59. The summed E-state index contributed by atoms with van der Waals surface area (Å²) in [5, 5.41) is 4.19. The second kappa shape index (κ2) is 8.13. The van der Waals surface area contributed by atoms with E-state index in [9.17, 15) is 9.59 Å². The average molecular weight is 452 g/mol. The molecule has 1 N–H and O–H groups in total. The third-order valence-electron chi connectivity index (χ3n) is 5.29. The molecular weight excluding hydrogens is 434 g/mol. The number of benzene rings is 1. The Labute approximate surface area is 186 Å². The van der Waals surface area contributed by atoms with Crippen molar-refractivity contribution in [1.29, 1.82) is 0 Å². The normalized spacial score (nSPS) is 13.3. The maximum Gasteiger partial charge on any atom is 0.322 e. The highest BCUT2D eigenvalue weighted by molar-refractivity contribution is 7.18. The first-order valence-corrected chi connectivity index (χ1v) is 11.0. The van der Waals surface area contributed by atoms with Gasteiger partial charge in [-0.25, -0.2) is 9.78 Å². The largest absolute Gasteiger partial charge is 0.322 e. The van der Waals surface area contributed by atoms with E-state index in [1.165, 1.54) is 11.3 Å². The Hall–Kier alpha value is -3.23. The first kappa shape index (κ1) is 19.7. The van der Waals surface area contributed by atoms with Crippen molar-refractivity contribution in [3.63, 3.8) is 0 Å². The molecule has 31 heavy (non-hydrogen) atoms. The topological polar surface area (TPSA) is 80.1 Å². The smallest absolute Gasteiger partial charge is 0.319 e. The van der Waals surface area contributed by atoms with Gasteiger partial charge in [0.15, 0.2) is 0 Å². The van der Waals surface area contributed by atoms with Gasteiger partial charge in [0.05, 0.1) is 24.8 Å². The van der Waals surface area contributed by atoms with Gasteiger partial charge in [0.2, 0.25) is 0 Å². The zero-order valence-electron chi connectivity index (χ0n) is 16.4. The minimum absolute atomic E-state index is 0.0505. The van der Waals surface area contributed by atoms with E-state index in [-0.39, 0.29) is 11.6 Å². The number of halogens is 1. The molecular formula is C22H18ClN5O2S. The number of amides is 2. The number of aromatic nitrogens is 3. The summed E-state index contributed by atoms with van der Waals surface area (Å²) in [5.74, 6) is 0. The third-order valence-corrected chi connectivity index (χ3v) is 6.66. The van der Waals surface area contributed by atoms with Gasteiger partial charge in [-0.3, -0.25) is 14.3 Å². The zero-order chi connectivity index (χ0) is 21.4. The third kappa shape index (κ3) is 3.92. The van der Waals surface area contributed by atoms with E-state index in [4.69, 9.17) is 11.6 Å². The zero-order valence-corrected chi connectivity index (χ0v) is 18.0. The second-order valence-corrected chi connectivity index (χ2v) is 8.85. The summed E-state index contributed by atoms with van der Waals surface area (Å²) in [6, 6.07) is 10.6. The number of nitrogens with one attached hydrogen (secondary N) is 1. The lowest BCUT2D eigenvalue weighted by Gasteiger charge is -2.27. The van der Waals surface area contributed by atoms with Gasteiger partial charge in [0, 0.05) is 34.5 Å². The number of urea groups is 1. The molecule has 0 unspecified atom stereocenters. The minimum Gasteiger partial charge on any atom is -0.319 e. The van der Waals surface area contributed by atoms with Crippen molar-refractivity contribution in [2.75, 3.05) is 11.9 Å². The first-order valence-electron chi connectivity index (χ1n) is 9.78. The van der Waals surface area contributed by atoms with Gasteiger partial charge in [0.25, 0.3) is 5.56 Å². The number of hydrogen-bond acceptors (Lipinski definition) is 5. The first-order chi connectivity index (χ1) is 15.1. The highest BCUT2D eigenvalue weighted by atomic mass is 35.5. The van der Waals surface area contributed by atoms with E-state index in [2.05, 4.69) is 15.3 Å². The molecule has 2 amide bonds. The molecule has 0 fully saturated rings. The van der Waals surface area contributed by atoms with Crippen molar-refractivity contribution < 1.29 is 4.79 Å². The highest BCUT2D eigenvalue weighted by Gasteiger charge is 2.26. The molecule has 1 aliphatic heterocycles. The van der Waals surface area contributed by atoms with E-state index in [0.717, 1.165) is 20.8 Å². The van der Waals surface area contributed by atoms with E-state index >= 15 is 0 Å². The molecule has 0 aliphatic carbocycles. The number of nitrogens with zero attached hydrogens (tertiary/aromatic N) is 4. The Morgan fingerprint density at radius 3 is 2.84 bits per heavy atom. The summed E-state index contributed by atoms with van der Waals surface area (Å²) in [6.07, 6.45) is 5.66. The quantitative estimate of drug-likeness (QED) is 0.507. The van der Waals surface area contributed by atoms with Crippen LogP contribution in [0.4, 0.5) is 10.5 Å². The number of fused-ring (bicyclic) bond motifs is 3. The second-order valence-electron chi connectivity index (χ2n) is 7.33. The Bertz CT molecular complexity index is 1320. The summed E-state index contributed by atoms with van der Waals surface area (Å²) < 4.78 is 1.62. The molecule has 0 saturated heterocycles. The fourth-order valence-corrected chi connectivity index (χ4v) is 5.05. The molecule has 4 heterocycles. The SMILES string of the molecule is O=C(Nc1ccc(Cl)cc1)N1CCc2c(sc3ncn(Cc4cccnc4)c(=O)c23)C1. The van der Waals surface area contributed by atoms with Crippen LogP contribution in [0.15, 0.2) is 59.9 Å². The Morgan fingerprint density at radius 2 is 2.06 bits per heavy atom. The van der Waals surface area contributed by atoms with E-state index in [1.54, 1.807) is 52.5 Å². The van der Waals surface area contributed by atoms with Crippen molar-refractivity contribution in [3.05, 3.63) is 86.5 Å². The Morgan fingerprint density at radius 1 is 1.23 bits per heavy atom. The highest BCUT2D eigenvalue weighted by Crippen LogP contribution is 2.32. The maximum atomic E-state index is 13.2. The number of pyridine rings is 1. The van der Waals surface area contributed by atoms with Crippen molar-refractivity contribution in [3.8, 4) is 0 Å². The number of carbonyl (C=O) groups is 1. The Balaban J connectivity index is 1.39. The summed E-state index contributed by atoms with van der Waals surface area (Å²) >= 11 is 7.39. The predicted molar refractivity (Wildman–Crippen MR) is 122 cm³/mol. The molecule has 7 nitrogen and oxygen atoms in total. The molecule has 1 aromatic carbocycles. The molecule has 9 heteroatoms. The molecule has 0 spiro atoms. The number of carbonyl (C=O) groups excluding carboxylic acids is 1. The van der Waals surface area contributed by atoms with Gasteiger partial charge in [0.1, 0.15) is 4.83 Å². The Kier molecular flexibility index (Phi) is 5.17. The van der Waals surface area contributed by atoms with Crippen LogP contribution in [-0.4, -0.2) is 32.0 Å². The van der Waals surface area contributed by atoms with Crippen molar-refractivity contribution in [2.24, 2.45) is 0 Å². The lowest BCUT2D eigenvalue weighted by Crippen LogP contribution is -2.38. The van der Waals surface area contributed by atoms with Crippen molar-refractivity contribution >= 4 is 44.9 Å². The fraction of sp³-hybridized carbons (Fsp3) is 0.182. The number of rotatable bonds is 3. The lowest BCUT2D eigenvalue weighted by atomic mass is 10.1. The summed E-state index contributed by atoms with van der Waals surface area (Å²) in [4.78, 5) is 38.0. The molecule has 3 aromatic heterocycles. The van der Waals surface area contributed by atoms with E-state index in [1.807, 2.05) is 12.1 Å². The van der Waals surface area contributed by atoms with E-state index < -0.39 is 0 Å². The van der Waals surface area contributed by atoms with Gasteiger partial charge < -0.3 is 10.2 Å². The van der Waals surface area contributed by atoms with Gasteiger partial charge in [-0.15, -0.1) is 11.3 Å². The van der Waals surface area contributed by atoms with Crippen LogP contribution in [0.5, 0.6) is 0 Å². The van der Waals surface area contributed by atoms with Crippen LogP contribution in [0.2, 0.25) is 5.02 Å². The van der Waals surface area contributed by atoms with Crippen LogP contribution in [0.1, 0.15) is 16.0 Å². The summed E-state index contributed by atoms with van der Waals surface area (Å²) in [6.45, 7) is 1.42. The molecule has 0 atom stereocenters.